The van der Waals surface area contributed by atoms with Crippen LogP contribution in [-0.2, 0) is 4.74 Å². The van der Waals surface area contributed by atoms with Crippen LogP contribution in [0, 0.1) is 0 Å². The van der Waals surface area contributed by atoms with E-state index in [1.807, 2.05) is 17.9 Å². The molecule has 2 aromatic rings. The lowest BCUT2D eigenvalue weighted by Gasteiger charge is -2.37. The molecule has 0 spiro atoms. The summed E-state index contributed by atoms with van der Waals surface area (Å²) in [5.41, 5.74) is 0. The van der Waals surface area contributed by atoms with Crippen molar-refractivity contribution in [2.24, 2.45) is 0 Å². The Morgan fingerprint density at radius 3 is 3.16 bits per heavy atom. The van der Waals surface area contributed by atoms with Crippen LogP contribution in [0.25, 0.3) is 9.40 Å². The average Bonchev–Trinajstić information content (AvgIpc) is 2.99. The van der Waals surface area contributed by atoms with Gasteiger partial charge in [0, 0.05) is 21.3 Å². The molecule has 0 bridgehead atoms. The van der Waals surface area contributed by atoms with Gasteiger partial charge in [-0.25, -0.2) is 0 Å². The number of amides is 1. The van der Waals surface area contributed by atoms with Crippen LogP contribution in [0.5, 0.6) is 0 Å². The molecule has 1 fully saturated rings. The van der Waals surface area contributed by atoms with Gasteiger partial charge in [-0.3, -0.25) is 4.79 Å². The molecule has 2 unspecified atom stereocenters. The second-order valence-electron chi connectivity index (χ2n) is 4.68. The van der Waals surface area contributed by atoms with Crippen molar-refractivity contribution in [1.29, 1.82) is 0 Å². The van der Waals surface area contributed by atoms with Crippen LogP contribution >= 0.6 is 38.6 Å². The van der Waals surface area contributed by atoms with E-state index in [1.54, 1.807) is 22.7 Å². The number of ether oxygens (including phenoxy) is 1. The Morgan fingerprint density at radius 1 is 1.58 bits per heavy atom. The Labute approximate surface area is 128 Å². The minimum absolute atomic E-state index is 0.0984. The largest absolute Gasteiger partial charge is 0.373 e. The third kappa shape index (κ3) is 2.59. The van der Waals surface area contributed by atoms with Gasteiger partial charge in [0.05, 0.1) is 23.6 Å². The second-order valence-corrected chi connectivity index (χ2v) is 7.35. The number of carbonyl (C=O) groups is 1. The molecule has 1 amide bonds. The zero-order valence-electron chi connectivity index (χ0n) is 10.5. The molecule has 19 heavy (non-hydrogen) atoms. The number of nitrogens with zero attached hydrogens (tertiary/aromatic N) is 1. The summed E-state index contributed by atoms with van der Waals surface area (Å²) in [7, 11) is 0. The van der Waals surface area contributed by atoms with Gasteiger partial charge in [0.2, 0.25) is 0 Å². The Hall–Kier alpha value is -0.430. The summed E-state index contributed by atoms with van der Waals surface area (Å²) in [5, 5.41) is 2.83. The molecule has 1 aliphatic heterocycles. The minimum Gasteiger partial charge on any atom is -0.373 e. The summed E-state index contributed by atoms with van der Waals surface area (Å²) < 4.78 is 8.06. The lowest BCUT2D eigenvalue weighted by molar-refractivity contribution is -0.0359. The van der Waals surface area contributed by atoms with Crippen molar-refractivity contribution in [3.8, 4) is 0 Å². The molecule has 3 rings (SSSR count). The zero-order valence-corrected chi connectivity index (χ0v) is 13.7. The van der Waals surface area contributed by atoms with E-state index in [0.29, 0.717) is 13.2 Å². The highest BCUT2D eigenvalue weighted by molar-refractivity contribution is 9.09. The smallest absolute Gasteiger partial charge is 0.264 e. The molecule has 2 aromatic heterocycles. The van der Waals surface area contributed by atoms with E-state index in [2.05, 4.69) is 27.4 Å². The van der Waals surface area contributed by atoms with E-state index < -0.39 is 0 Å². The van der Waals surface area contributed by atoms with E-state index in [4.69, 9.17) is 4.74 Å². The van der Waals surface area contributed by atoms with Crippen LogP contribution in [0.4, 0.5) is 0 Å². The maximum absolute atomic E-state index is 12.6. The van der Waals surface area contributed by atoms with Gasteiger partial charge in [0.1, 0.15) is 0 Å². The van der Waals surface area contributed by atoms with Gasteiger partial charge in [0.15, 0.2) is 0 Å². The molecule has 0 aliphatic carbocycles. The Kier molecular flexibility index (Phi) is 3.93. The standard InChI is InChI=1S/C13H14BrNO2S2/c1-8-7-17-9(5-14)6-15(8)13(16)12-4-11-10(19-12)2-3-18-11/h2-4,8-9H,5-7H2,1H3. The summed E-state index contributed by atoms with van der Waals surface area (Å²) in [6.07, 6.45) is 0.0984. The monoisotopic (exact) mass is 359 g/mol. The number of morpholine rings is 1. The van der Waals surface area contributed by atoms with E-state index in [9.17, 15) is 4.79 Å². The number of fused-ring (bicyclic) bond motifs is 1. The quantitative estimate of drug-likeness (QED) is 0.766. The van der Waals surface area contributed by atoms with Crippen LogP contribution in [0.3, 0.4) is 0 Å². The van der Waals surface area contributed by atoms with Crippen LogP contribution in [-0.4, -0.2) is 41.4 Å². The zero-order chi connectivity index (χ0) is 13.4. The van der Waals surface area contributed by atoms with Gasteiger partial charge >= 0.3 is 0 Å². The molecule has 0 N–H and O–H groups in total. The van der Waals surface area contributed by atoms with Crippen molar-refractivity contribution in [2.45, 2.75) is 19.1 Å². The Bertz CT molecular complexity index is 566. The summed E-state index contributed by atoms with van der Waals surface area (Å²) in [4.78, 5) is 15.4. The molecular formula is C13H14BrNO2S2. The summed E-state index contributed by atoms with van der Waals surface area (Å²) in [5.74, 6) is 0.134. The van der Waals surface area contributed by atoms with Gasteiger partial charge in [-0.05, 0) is 24.4 Å². The molecule has 1 saturated heterocycles. The van der Waals surface area contributed by atoms with Crippen LogP contribution in [0.2, 0.25) is 0 Å². The van der Waals surface area contributed by atoms with Crippen molar-refractivity contribution in [3.05, 3.63) is 22.4 Å². The fourth-order valence-corrected chi connectivity index (χ4v) is 4.66. The van der Waals surface area contributed by atoms with Gasteiger partial charge in [-0.1, -0.05) is 15.9 Å². The normalized spacial score (nSPS) is 24.0. The first-order valence-electron chi connectivity index (χ1n) is 6.14. The third-order valence-electron chi connectivity index (χ3n) is 3.29. The van der Waals surface area contributed by atoms with Crippen molar-refractivity contribution >= 4 is 53.9 Å². The van der Waals surface area contributed by atoms with E-state index in [-0.39, 0.29) is 18.1 Å². The minimum atomic E-state index is 0.0984. The molecule has 1 aliphatic rings. The molecule has 2 atom stereocenters. The second kappa shape index (κ2) is 5.52. The SMILES string of the molecule is CC1COC(CBr)CN1C(=O)c1cc2sccc2s1. The van der Waals surface area contributed by atoms with Crippen LogP contribution in [0.15, 0.2) is 17.5 Å². The lowest BCUT2D eigenvalue weighted by atomic mass is 10.2. The topological polar surface area (TPSA) is 29.5 Å². The number of alkyl halides is 1. The van der Waals surface area contributed by atoms with Crippen LogP contribution < -0.4 is 0 Å². The Morgan fingerprint density at radius 2 is 2.42 bits per heavy atom. The van der Waals surface area contributed by atoms with Gasteiger partial charge in [0.25, 0.3) is 5.91 Å². The molecule has 0 saturated carbocycles. The van der Waals surface area contributed by atoms with E-state index in [1.165, 1.54) is 9.40 Å². The van der Waals surface area contributed by atoms with Crippen molar-refractivity contribution in [2.75, 3.05) is 18.5 Å². The van der Waals surface area contributed by atoms with E-state index in [0.717, 1.165) is 10.2 Å². The molecule has 0 radical (unpaired) electrons. The Balaban J connectivity index is 1.83. The van der Waals surface area contributed by atoms with Gasteiger partial charge in [-0.15, -0.1) is 22.7 Å². The fourth-order valence-electron chi connectivity index (χ4n) is 2.21. The predicted molar refractivity (Wildman–Crippen MR) is 83.7 cm³/mol. The highest BCUT2D eigenvalue weighted by Crippen LogP contribution is 2.31. The number of halogens is 1. The average molecular weight is 360 g/mol. The van der Waals surface area contributed by atoms with Gasteiger partial charge < -0.3 is 9.64 Å². The molecule has 3 nitrogen and oxygen atoms in total. The van der Waals surface area contributed by atoms with Crippen molar-refractivity contribution in [3.63, 3.8) is 0 Å². The number of carbonyl (C=O) groups excluding carboxylic acids is 1. The first kappa shape index (κ1) is 13.5. The molecular weight excluding hydrogens is 346 g/mol. The summed E-state index contributed by atoms with van der Waals surface area (Å²) in [6.45, 7) is 3.32. The fraction of sp³-hybridized carbons (Fsp3) is 0.462. The maximum atomic E-state index is 12.6. The summed E-state index contributed by atoms with van der Waals surface area (Å²) in [6, 6.07) is 4.23. The first-order chi connectivity index (χ1) is 9.19. The maximum Gasteiger partial charge on any atom is 0.264 e. The highest BCUT2D eigenvalue weighted by Gasteiger charge is 2.30. The molecule has 102 valence electrons. The van der Waals surface area contributed by atoms with Crippen molar-refractivity contribution in [1.82, 2.24) is 4.90 Å². The van der Waals surface area contributed by atoms with Crippen molar-refractivity contribution < 1.29 is 9.53 Å². The molecule has 6 heteroatoms. The number of thiophene rings is 2. The first-order valence-corrected chi connectivity index (χ1v) is 8.96. The number of rotatable bonds is 2. The molecule has 3 heterocycles. The lowest BCUT2D eigenvalue weighted by Crippen LogP contribution is -2.51. The predicted octanol–water partition coefficient (Wildman–Crippen LogP) is 3.59. The number of hydrogen-bond donors (Lipinski definition) is 0. The van der Waals surface area contributed by atoms with Crippen LogP contribution in [0.1, 0.15) is 16.6 Å². The highest BCUT2D eigenvalue weighted by atomic mass is 79.9. The van der Waals surface area contributed by atoms with E-state index >= 15 is 0 Å². The molecule has 0 aromatic carbocycles. The third-order valence-corrected chi connectivity index (χ3v) is 6.09. The summed E-state index contributed by atoms with van der Waals surface area (Å²) >= 11 is 6.70. The number of hydrogen-bond acceptors (Lipinski definition) is 4. The van der Waals surface area contributed by atoms with Gasteiger partial charge in [-0.2, -0.15) is 0 Å².